The topological polar surface area (TPSA) is 47.0 Å². The van der Waals surface area contributed by atoms with Crippen LogP contribution in [0.1, 0.15) is 32.1 Å². The van der Waals surface area contributed by atoms with Crippen LogP contribution >= 0.6 is 0 Å². The monoisotopic (exact) mass is 130 g/mol. The highest BCUT2D eigenvalue weighted by atomic mass is 14.8. The Morgan fingerprint density at radius 1 is 0.667 bits per heavy atom. The Kier molecular flexibility index (Phi) is 5.99. The second-order valence-electron chi connectivity index (χ2n) is 2.52. The summed E-state index contributed by atoms with van der Waals surface area (Å²) in [5, 5.41) is 3.39. The summed E-state index contributed by atoms with van der Waals surface area (Å²) in [6.45, 7) is 2.50. The Morgan fingerprint density at radius 3 is 1.67 bits per heavy atom. The quantitative estimate of drug-likeness (QED) is 0.524. The lowest BCUT2D eigenvalue weighted by Gasteiger charge is -2.08. The largest absolute Gasteiger partial charge is 0.344 e. The second kappa shape index (κ2) is 6.05. The van der Waals surface area contributed by atoms with E-state index < -0.39 is 0 Å². The average Bonchev–Trinajstić information content (AvgIpc) is 1.62. The first-order chi connectivity index (χ1) is 4.00. The van der Waals surface area contributed by atoms with Crippen molar-refractivity contribution in [1.29, 1.82) is 0 Å². The van der Waals surface area contributed by atoms with Gasteiger partial charge in [0.1, 0.15) is 0 Å². The predicted molar refractivity (Wildman–Crippen MR) is 41.0 cm³/mol. The van der Waals surface area contributed by atoms with Gasteiger partial charge in [0.25, 0.3) is 0 Å². The lowest BCUT2D eigenvalue weighted by atomic mass is 10.1. The van der Waals surface area contributed by atoms with Gasteiger partial charge in [-0.2, -0.15) is 0 Å². The third-order valence-electron chi connectivity index (χ3n) is 1.71. The highest BCUT2D eigenvalue weighted by molar-refractivity contribution is 4.54. The molecule has 0 aromatic rings. The molecule has 2 heteroatoms. The van der Waals surface area contributed by atoms with Gasteiger partial charge in [-0.05, 0) is 25.9 Å². The summed E-state index contributed by atoms with van der Waals surface area (Å²) >= 11 is 0. The van der Waals surface area contributed by atoms with Crippen molar-refractivity contribution in [2.24, 2.45) is 0 Å². The van der Waals surface area contributed by atoms with Crippen molar-refractivity contribution in [3.63, 3.8) is 0 Å². The molecule has 0 unspecified atom stereocenters. The maximum absolute atomic E-state index is 3.39. The van der Waals surface area contributed by atoms with E-state index in [0.29, 0.717) is 0 Å². The molecule has 1 aliphatic heterocycles. The van der Waals surface area contributed by atoms with Crippen molar-refractivity contribution in [1.82, 2.24) is 11.5 Å². The minimum Gasteiger partial charge on any atom is -0.344 e. The van der Waals surface area contributed by atoms with E-state index in [0.717, 1.165) is 0 Å². The Balaban J connectivity index is 0.000000640. The van der Waals surface area contributed by atoms with Gasteiger partial charge < -0.3 is 11.5 Å². The van der Waals surface area contributed by atoms with Crippen LogP contribution in [0.3, 0.4) is 0 Å². The van der Waals surface area contributed by atoms with Crippen LogP contribution in [-0.4, -0.2) is 13.1 Å². The zero-order chi connectivity index (χ0) is 5.66. The molecule has 1 fully saturated rings. The molecule has 0 bridgehead atoms. The lowest BCUT2D eigenvalue weighted by molar-refractivity contribution is 0.516. The second-order valence-corrected chi connectivity index (χ2v) is 2.52. The van der Waals surface area contributed by atoms with Crippen molar-refractivity contribution in [2.75, 3.05) is 13.1 Å². The fraction of sp³-hybridized carbons (Fsp3) is 1.00. The zero-order valence-corrected chi connectivity index (χ0v) is 6.16. The minimum absolute atomic E-state index is 0. The van der Waals surface area contributed by atoms with Gasteiger partial charge in [-0.3, -0.25) is 0 Å². The number of hydrogen-bond acceptors (Lipinski definition) is 2. The lowest BCUT2D eigenvalue weighted by Crippen LogP contribution is -2.18. The van der Waals surface area contributed by atoms with Gasteiger partial charge >= 0.3 is 0 Å². The molecule has 0 aromatic heterocycles. The molecule has 9 heavy (non-hydrogen) atoms. The molecule has 1 heterocycles. The normalized spacial score (nSPS) is 21.3. The molecule has 1 saturated heterocycles. The van der Waals surface area contributed by atoms with E-state index in [1.165, 1.54) is 45.2 Å². The molecule has 56 valence electrons. The third kappa shape index (κ3) is 4.43. The van der Waals surface area contributed by atoms with E-state index in [4.69, 9.17) is 0 Å². The molecule has 0 aliphatic carbocycles. The molecule has 4 N–H and O–H groups in total. The van der Waals surface area contributed by atoms with E-state index in [9.17, 15) is 0 Å². The van der Waals surface area contributed by atoms with Crippen LogP contribution in [0, 0.1) is 0 Å². The van der Waals surface area contributed by atoms with Crippen LogP contribution < -0.4 is 11.5 Å². The van der Waals surface area contributed by atoms with Crippen molar-refractivity contribution in [3.8, 4) is 0 Å². The molecular weight excluding hydrogens is 112 g/mol. The Labute approximate surface area is 57.6 Å². The summed E-state index contributed by atoms with van der Waals surface area (Å²) in [6, 6.07) is 0. The first kappa shape index (κ1) is 8.92. The summed E-state index contributed by atoms with van der Waals surface area (Å²) in [6.07, 6.45) is 7.11. The predicted octanol–water partition coefficient (Wildman–Crippen LogP) is 1.70. The smallest absolute Gasteiger partial charge is 0.00489 e. The van der Waals surface area contributed by atoms with Gasteiger partial charge in [-0.25, -0.2) is 0 Å². The number of nitrogens with one attached hydrogen (secondary N) is 1. The van der Waals surface area contributed by atoms with E-state index >= 15 is 0 Å². The minimum atomic E-state index is 0. The summed E-state index contributed by atoms with van der Waals surface area (Å²) in [5.41, 5.74) is 0. The molecule has 0 spiro atoms. The van der Waals surface area contributed by atoms with E-state index in [-0.39, 0.29) is 6.15 Å². The molecule has 0 aromatic carbocycles. The summed E-state index contributed by atoms with van der Waals surface area (Å²) < 4.78 is 0. The van der Waals surface area contributed by atoms with E-state index in [1.54, 1.807) is 0 Å². The number of rotatable bonds is 0. The van der Waals surface area contributed by atoms with Gasteiger partial charge in [-0.15, -0.1) is 0 Å². The maximum Gasteiger partial charge on any atom is -0.00489 e. The Morgan fingerprint density at radius 2 is 1.11 bits per heavy atom. The maximum atomic E-state index is 3.39. The highest BCUT2D eigenvalue weighted by Crippen LogP contribution is 2.03. The SMILES string of the molecule is C1CCCNCCC1.N. The zero-order valence-electron chi connectivity index (χ0n) is 6.16. The summed E-state index contributed by atoms with van der Waals surface area (Å²) in [7, 11) is 0. The van der Waals surface area contributed by atoms with Crippen molar-refractivity contribution >= 4 is 0 Å². The number of hydrogen-bond donors (Lipinski definition) is 2. The molecule has 1 aliphatic rings. The van der Waals surface area contributed by atoms with Crippen LogP contribution in [0.15, 0.2) is 0 Å². The molecular formula is C7H18N2. The van der Waals surface area contributed by atoms with Gasteiger partial charge in [0.05, 0.1) is 0 Å². The first-order valence-corrected chi connectivity index (χ1v) is 3.71. The molecule has 0 saturated carbocycles. The van der Waals surface area contributed by atoms with Crippen LogP contribution in [-0.2, 0) is 0 Å². The van der Waals surface area contributed by atoms with Crippen LogP contribution in [0.4, 0.5) is 0 Å². The molecule has 1 rings (SSSR count). The van der Waals surface area contributed by atoms with E-state index in [1.807, 2.05) is 0 Å². The molecule has 2 nitrogen and oxygen atoms in total. The molecule has 0 radical (unpaired) electrons. The van der Waals surface area contributed by atoms with Gasteiger partial charge in [0.2, 0.25) is 0 Å². The molecule has 0 atom stereocenters. The average molecular weight is 130 g/mol. The van der Waals surface area contributed by atoms with E-state index in [2.05, 4.69) is 5.32 Å². The Hall–Kier alpha value is -0.0800. The van der Waals surface area contributed by atoms with Gasteiger partial charge in [0.15, 0.2) is 0 Å². The van der Waals surface area contributed by atoms with Gasteiger partial charge in [0, 0.05) is 0 Å². The third-order valence-corrected chi connectivity index (χ3v) is 1.71. The van der Waals surface area contributed by atoms with Crippen molar-refractivity contribution in [2.45, 2.75) is 32.1 Å². The fourth-order valence-electron chi connectivity index (χ4n) is 1.16. The molecule has 0 amide bonds. The van der Waals surface area contributed by atoms with Crippen molar-refractivity contribution < 1.29 is 0 Å². The van der Waals surface area contributed by atoms with Crippen LogP contribution in [0.25, 0.3) is 0 Å². The first-order valence-electron chi connectivity index (χ1n) is 3.71. The highest BCUT2D eigenvalue weighted by Gasteiger charge is 1.94. The van der Waals surface area contributed by atoms with Crippen molar-refractivity contribution in [3.05, 3.63) is 0 Å². The van der Waals surface area contributed by atoms with Crippen LogP contribution in [0.5, 0.6) is 0 Å². The standard InChI is InChI=1S/C7H15N.H3N/c1-2-4-6-8-7-5-3-1;/h8H,1-7H2;1H3. The van der Waals surface area contributed by atoms with Crippen LogP contribution in [0.2, 0.25) is 0 Å². The summed E-state index contributed by atoms with van der Waals surface area (Å²) in [5.74, 6) is 0. The fourth-order valence-corrected chi connectivity index (χ4v) is 1.16. The summed E-state index contributed by atoms with van der Waals surface area (Å²) in [4.78, 5) is 0. The Bertz CT molecular complexity index is 30.9. The van der Waals surface area contributed by atoms with Gasteiger partial charge in [-0.1, -0.05) is 19.3 Å².